The van der Waals surface area contributed by atoms with Gasteiger partial charge in [0.2, 0.25) is 5.91 Å². The Labute approximate surface area is 125 Å². The van der Waals surface area contributed by atoms with Crippen LogP contribution in [-0.2, 0) is 9.59 Å². The summed E-state index contributed by atoms with van der Waals surface area (Å²) in [6, 6.07) is 7.39. The van der Waals surface area contributed by atoms with E-state index in [-0.39, 0.29) is 18.9 Å². The number of hydrogen-bond donors (Lipinski definition) is 1. The molecule has 1 aliphatic rings. The van der Waals surface area contributed by atoms with Gasteiger partial charge >= 0.3 is 5.97 Å². The largest absolute Gasteiger partial charge is 0.481 e. The first-order chi connectivity index (χ1) is 10.0. The van der Waals surface area contributed by atoms with Crippen LogP contribution in [0.4, 0.5) is 5.69 Å². The number of hydrogen-bond acceptors (Lipinski definition) is 5. The lowest BCUT2D eigenvalue weighted by molar-refractivity contribution is -0.141. The van der Waals surface area contributed by atoms with Crippen LogP contribution in [0.25, 0.3) is 10.6 Å². The van der Waals surface area contributed by atoms with E-state index in [1.54, 1.807) is 6.07 Å². The number of rotatable bonds is 3. The Bertz CT molecular complexity index is 713. The molecule has 2 heterocycles. The molecule has 1 N–H and O–H groups in total. The zero-order valence-corrected chi connectivity index (χ0v) is 12.1. The Morgan fingerprint density at radius 1 is 1.43 bits per heavy atom. The fourth-order valence-electron chi connectivity index (χ4n) is 2.34. The summed E-state index contributed by atoms with van der Waals surface area (Å²) in [5, 5.41) is 18.8. The van der Waals surface area contributed by atoms with Crippen molar-refractivity contribution in [1.29, 1.82) is 0 Å². The number of carbonyl (C=O) groups excluding carboxylic acids is 1. The Morgan fingerprint density at radius 3 is 2.86 bits per heavy atom. The molecular weight excluding hydrogens is 290 g/mol. The standard InChI is InChI=1S/C14H13N3O3S/c1-8-15-16-13(21-8)9-3-2-4-11(5-9)17-7-10(14(19)20)6-12(17)18/h2-5,10H,6-7H2,1H3,(H,19,20)/t10-/m1/s1. The van der Waals surface area contributed by atoms with Gasteiger partial charge in [-0.05, 0) is 19.1 Å². The first-order valence-corrected chi connectivity index (χ1v) is 7.30. The van der Waals surface area contributed by atoms with Gasteiger partial charge in [0.25, 0.3) is 0 Å². The molecule has 0 unspecified atom stereocenters. The smallest absolute Gasteiger partial charge is 0.308 e. The summed E-state index contributed by atoms with van der Waals surface area (Å²) in [4.78, 5) is 24.5. The van der Waals surface area contributed by atoms with Gasteiger partial charge in [0.15, 0.2) is 0 Å². The fourth-order valence-corrected chi connectivity index (χ4v) is 3.03. The number of nitrogens with zero attached hydrogens (tertiary/aromatic N) is 3. The van der Waals surface area contributed by atoms with Crippen molar-refractivity contribution in [3.8, 4) is 10.6 Å². The molecule has 1 aliphatic heterocycles. The SMILES string of the molecule is Cc1nnc(-c2cccc(N3C[C@H](C(=O)O)CC3=O)c2)s1. The molecule has 7 heteroatoms. The molecular formula is C14H13N3O3S. The second kappa shape index (κ2) is 5.25. The van der Waals surface area contributed by atoms with E-state index in [0.29, 0.717) is 5.69 Å². The molecule has 108 valence electrons. The monoisotopic (exact) mass is 303 g/mol. The van der Waals surface area contributed by atoms with Gasteiger partial charge in [-0.3, -0.25) is 9.59 Å². The van der Waals surface area contributed by atoms with Crippen molar-refractivity contribution >= 4 is 28.9 Å². The van der Waals surface area contributed by atoms with E-state index < -0.39 is 11.9 Å². The van der Waals surface area contributed by atoms with Crippen molar-refractivity contribution in [2.24, 2.45) is 5.92 Å². The fraction of sp³-hybridized carbons (Fsp3) is 0.286. The second-order valence-corrected chi connectivity index (χ2v) is 6.10. The van der Waals surface area contributed by atoms with E-state index in [2.05, 4.69) is 10.2 Å². The molecule has 1 saturated heterocycles. The summed E-state index contributed by atoms with van der Waals surface area (Å²) in [7, 11) is 0. The number of aliphatic carboxylic acids is 1. The third-order valence-corrected chi connectivity index (χ3v) is 4.29. The highest BCUT2D eigenvalue weighted by molar-refractivity contribution is 7.14. The van der Waals surface area contributed by atoms with Gasteiger partial charge in [-0.15, -0.1) is 10.2 Å². The van der Waals surface area contributed by atoms with Crippen molar-refractivity contribution in [2.45, 2.75) is 13.3 Å². The molecule has 0 radical (unpaired) electrons. The molecule has 0 aliphatic carbocycles. The number of aryl methyl sites for hydroxylation is 1. The molecule has 2 aromatic rings. The summed E-state index contributed by atoms with van der Waals surface area (Å²) in [6.07, 6.45) is 0.0531. The Hall–Kier alpha value is -2.28. The molecule has 1 aromatic heterocycles. The minimum absolute atomic E-state index is 0.0531. The normalized spacial score (nSPS) is 18.2. The van der Waals surface area contributed by atoms with Gasteiger partial charge in [0.05, 0.1) is 5.92 Å². The van der Waals surface area contributed by atoms with Crippen molar-refractivity contribution in [1.82, 2.24) is 10.2 Å². The first-order valence-electron chi connectivity index (χ1n) is 6.48. The summed E-state index contributed by atoms with van der Waals surface area (Å²) < 4.78 is 0. The summed E-state index contributed by atoms with van der Waals surface area (Å²) in [5.41, 5.74) is 1.58. The number of benzene rings is 1. The highest BCUT2D eigenvalue weighted by Crippen LogP contribution is 2.30. The molecule has 0 bridgehead atoms. The molecule has 6 nitrogen and oxygen atoms in total. The van der Waals surface area contributed by atoms with Crippen molar-refractivity contribution in [3.05, 3.63) is 29.3 Å². The highest BCUT2D eigenvalue weighted by Gasteiger charge is 2.35. The lowest BCUT2D eigenvalue weighted by atomic mass is 10.1. The molecule has 0 spiro atoms. The van der Waals surface area contributed by atoms with E-state index in [0.717, 1.165) is 15.6 Å². The zero-order valence-electron chi connectivity index (χ0n) is 11.3. The molecule has 1 atom stereocenters. The second-order valence-electron chi connectivity index (χ2n) is 4.92. The molecule has 3 rings (SSSR count). The van der Waals surface area contributed by atoms with Crippen LogP contribution in [-0.4, -0.2) is 33.7 Å². The average molecular weight is 303 g/mol. The molecule has 1 amide bonds. The maximum Gasteiger partial charge on any atom is 0.308 e. The summed E-state index contributed by atoms with van der Waals surface area (Å²) in [5.74, 6) is -1.72. The first kappa shape index (κ1) is 13.7. The minimum Gasteiger partial charge on any atom is -0.481 e. The van der Waals surface area contributed by atoms with E-state index in [1.165, 1.54) is 16.2 Å². The number of anilines is 1. The topological polar surface area (TPSA) is 83.4 Å². The van der Waals surface area contributed by atoms with Crippen LogP contribution in [0.1, 0.15) is 11.4 Å². The molecule has 21 heavy (non-hydrogen) atoms. The third-order valence-electron chi connectivity index (χ3n) is 3.41. The maximum absolute atomic E-state index is 12.0. The van der Waals surface area contributed by atoms with Crippen molar-refractivity contribution < 1.29 is 14.7 Å². The van der Waals surface area contributed by atoms with Gasteiger partial charge in [-0.2, -0.15) is 0 Å². The van der Waals surface area contributed by atoms with Crippen LogP contribution < -0.4 is 4.90 Å². The van der Waals surface area contributed by atoms with E-state index >= 15 is 0 Å². The van der Waals surface area contributed by atoms with Gasteiger partial charge in [0, 0.05) is 24.2 Å². The number of aromatic nitrogens is 2. The highest BCUT2D eigenvalue weighted by atomic mass is 32.1. The lowest BCUT2D eigenvalue weighted by Crippen LogP contribution is -2.25. The average Bonchev–Trinajstić information content (AvgIpc) is 3.05. The molecule has 1 fully saturated rings. The number of carboxylic acid groups (broad SMARTS) is 1. The van der Waals surface area contributed by atoms with E-state index in [1.807, 2.05) is 25.1 Å². The van der Waals surface area contributed by atoms with Crippen LogP contribution in [0.2, 0.25) is 0 Å². The van der Waals surface area contributed by atoms with Gasteiger partial charge in [-0.1, -0.05) is 23.5 Å². The number of amides is 1. The van der Waals surface area contributed by atoms with Crippen LogP contribution in [0.5, 0.6) is 0 Å². The third kappa shape index (κ3) is 2.64. The van der Waals surface area contributed by atoms with Gasteiger partial charge < -0.3 is 10.0 Å². The van der Waals surface area contributed by atoms with E-state index in [4.69, 9.17) is 5.11 Å². The zero-order chi connectivity index (χ0) is 15.0. The maximum atomic E-state index is 12.0. The van der Waals surface area contributed by atoms with Crippen LogP contribution in [0, 0.1) is 12.8 Å². The number of carboxylic acids is 1. The Morgan fingerprint density at radius 2 is 2.24 bits per heavy atom. The van der Waals surface area contributed by atoms with Crippen LogP contribution in [0.15, 0.2) is 24.3 Å². The number of carbonyl (C=O) groups is 2. The molecule has 1 aromatic carbocycles. The predicted octanol–water partition coefficient (Wildman–Crippen LogP) is 1.95. The van der Waals surface area contributed by atoms with Crippen molar-refractivity contribution in [3.63, 3.8) is 0 Å². The van der Waals surface area contributed by atoms with Crippen LogP contribution in [0.3, 0.4) is 0 Å². The van der Waals surface area contributed by atoms with E-state index in [9.17, 15) is 9.59 Å². The molecule has 0 saturated carbocycles. The van der Waals surface area contributed by atoms with Crippen LogP contribution >= 0.6 is 11.3 Å². The summed E-state index contributed by atoms with van der Waals surface area (Å²) >= 11 is 1.48. The quantitative estimate of drug-likeness (QED) is 0.937. The Kier molecular flexibility index (Phi) is 3.42. The Balaban J connectivity index is 1.90. The van der Waals surface area contributed by atoms with Gasteiger partial charge in [-0.25, -0.2) is 0 Å². The van der Waals surface area contributed by atoms with Crippen molar-refractivity contribution in [2.75, 3.05) is 11.4 Å². The predicted molar refractivity (Wildman–Crippen MR) is 78.2 cm³/mol. The minimum atomic E-state index is -0.929. The van der Waals surface area contributed by atoms with Gasteiger partial charge in [0.1, 0.15) is 10.0 Å². The summed E-state index contributed by atoms with van der Waals surface area (Å²) in [6.45, 7) is 2.10. The lowest BCUT2D eigenvalue weighted by Gasteiger charge is -2.16.